The second-order valence-corrected chi connectivity index (χ2v) is 5.45. The van der Waals surface area contributed by atoms with Crippen molar-refractivity contribution >= 4 is 11.6 Å². The number of anilines is 2. The van der Waals surface area contributed by atoms with E-state index in [9.17, 15) is 0 Å². The van der Waals surface area contributed by atoms with Gasteiger partial charge in [-0.1, -0.05) is 6.42 Å². The standard InChI is InChI=1S/C13H22N6/c1-10-12(17-14)15-9-16-13(10)19-7-6-18-5-3-2-4-11(18)8-19/h9,11H,2-8,14H2,1H3,(H,15,16,17). The summed E-state index contributed by atoms with van der Waals surface area (Å²) in [5, 5.41) is 0. The number of nitrogen functional groups attached to an aromatic ring is 1. The van der Waals surface area contributed by atoms with Gasteiger partial charge in [-0.2, -0.15) is 0 Å². The molecule has 6 heteroatoms. The highest BCUT2D eigenvalue weighted by atomic mass is 15.3. The van der Waals surface area contributed by atoms with Gasteiger partial charge in [0.2, 0.25) is 0 Å². The Labute approximate surface area is 114 Å². The van der Waals surface area contributed by atoms with Gasteiger partial charge in [-0.15, -0.1) is 0 Å². The molecular weight excluding hydrogens is 240 g/mol. The van der Waals surface area contributed by atoms with Crippen LogP contribution in [0.5, 0.6) is 0 Å². The zero-order valence-electron chi connectivity index (χ0n) is 11.5. The minimum Gasteiger partial charge on any atom is -0.353 e. The highest BCUT2D eigenvalue weighted by Gasteiger charge is 2.30. The van der Waals surface area contributed by atoms with Crippen LogP contribution < -0.4 is 16.2 Å². The van der Waals surface area contributed by atoms with E-state index in [-0.39, 0.29) is 0 Å². The number of rotatable bonds is 2. The van der Waals surface area contributed by atoms with E-state index in [0.717, 1.165) is 36.8 Å². The summed E-state index contributed by atoms with van der Waals surface area (Å²) in [5.74, 6) is 7.23. The molecule has 1 unspecified atom stereocenters. The van der Waals surface area contributed by atoms with E-state index in [1.165, 1.54) is 25.8 Å². The lowest BCUT2D eigenvalue weighted by Crippen LogP contribution is -2.55. The van der Waals surface area contributed by atoms with Crippen LogP contribution in [0.4, 0.5) is 11.6 Å². The van der Waals surface area contributed by atoms with Crippen LogP contribution in [0.25, 0.3) is 0 Å². The molecule has 2 aliphatic heterocycles. The van der Waals surface area contributed by atoms with Crippen molar-refractivity contribution in [3.63, 3.8) is 0 Å². The number of nitrogens with two attached hydrogens (primary N) is 1. The highest BCUT2D eigenvalue weighted by Crippen LogP contribution is 2.27. The summed E-state index contributed by atoms with van der Waals surface area (Å²) in [6.07, 6.45) is 5.60. The molecule has 0 aromatic carbocycles. The molecule has 3 heterocycles. The average molecular weight is 262 g/mol. The predicted molar refractivity (Wildman–Crippen MR) is 76.0 cm³/mol. The SMILES string of the molecule is Cc1c(NN)ncnc1N1CCN2CCCCC2C1. The van der Waals surface area contributed by atoms with Gasteiger partial charge in [0, 0.05) is 31.2 Å². The second kappa shape index (κ2) is 5.30. The van der Waals surface area contributed by atoms with Crippen molar-refractivity contribution in [2.24, 2.45) is 5.84 Å². The van der Waals surface area contributed by atoms with Crippen LogP contribution in [0, 0.1) is 6.92 Å². The van der Waals surface area contributed by atoms with Crippen LogP contribution >= 0.6 is 0 Å². The number of aromatic nitrogens is 2. The Morgan fingerprint density at radius 1 is 1.26 bits per heavy atom. The number of nitrogens with one attached hydrogen (secondary N) is 1. The Balaban J connectivity index is 1.79. The summed E-state index contributed by atoms with van der Waals surface area (Å²) in [4.78, 5) is 13.6. The molecule has 104 valence electrons. The largest absolute Gasteiger partial charge is 0.353 e. The molecule has 1 atom stereocenters. The lowest BCUT2D eigenvalue weighted by molar-refractivity contribution is 0.133. The topological polar surface area (TPSA) is 70.3 Å². The molecule has 0 radical (unpaired) electrons. The van der Waals surface area contributed by atoms with Crippen LogP contribution in [-0.2, 0) is 0 Å². The van der Waals surface area contributed by atoms with Crippen molar-refractivity contribution in [2.75, 3.05) is 36.5 Å². The zero-order chi connectivity index (χ0) is 13.2. The molecule has 0 aliphatic carbocycles. The number of hydrazine groups is 1. The summed E-state index contributed by atoms with van der Waals surface area (Å²) in [7, 11) is 0. The van der Waals surface area contributed by atoms with E-state index in [2.05, 4.69) is 25.2 Å². The quantitative estimate of drug-likeness (QED) is 0.605. The van der Waals surface area contributed by atoms with Crippen LogP contribution in [0.15, 0.2) is 6.33 Å². The smallest absolute Gasteiger partial charge is 0.148 e. The third-order valence-corrected chi connectivity index (χ3v) is 4.33. The van der Waals surface area contributed by atoms with Crippen molar-refractivity contribution in [3.8, 4) is 0 Å². The first-order chi connectivity index (χ1) is 9.29. The summed E-state index contributed by atoms with van der Waals surface area (Å²) in [6, 6.07) is 0.686. The molecule has 19 heavy (non-hydrogen) atoms. The summed E-state index contributed by atoms with van der Waals surface area (Å²) in [5.41, 5.74) is 3.68. The van der Waals surface area contributed by atoms with Gasteiger partial charge in [0.15, 0.2) is 0 Å². The third kappa shape index (κ3) is 2.37. The first kappa shape index (κ1) is 12.6. The average Bonchev–Trinajstić information content (AvgIpc) is 2.47. The van der Waals surface area contributed by atoms with Crippen molar-refractivity contribution in [3.05, 3.63) is 11.9 Å². The zero-order valence-corrected chi connectivity index (χ0v) is 11.5. The van der Waals surface area contributed by atoms with Crippen LogP contribution in [-0.4, -0.2) is 47.1 Å². The third-order valence-electron chi connectivity index (χ3n) is 4.33. The molecule has 2 aliphatic rings. The van der Waals surface area contributed by atoms with Gasteiger partial charge >= 0.3 is 0 Å². The molecule has 0 spiro atoms. The van der Waals surface area contributed by atoms with Crippen LogP contribution in [0.3, 0.4) is 0 Å². The normalized spacial score (nSPS) is 24.1. The number of fused-ring (bicyclic) bond motifs is 1. The fourth-order valence-electron chi connectivity index (χ4n) is 3.25. The van der Waals surface area contributed by atoms with E-state index in [1.807, 2.05) is 6.92 Å². The molecule has 2 saturated heterocycles. The molecule has 3 N–H and O–H groups in total. The van der Waals surface area contributed by atoms with Crippen molar-refractivity contribution in [1.29, 1.82) is 0 Å². The molecule has 1 aromatic rings. The van der Waals surface area contributed by atoms with E-state index >= 15 is 0 Å². The van der Waals surface area contributed by atoms with Crippen molar-refractivity contribution in [2.45, 2.75) is 32.2 Å². The van der Waals surface area contributed by atoms with Crippen LogP contribution in [0.2, 0.25) is 0 Å². The number of piperidine rings is 1. The van der Waals surface area contributed by atoms with Gasteiger partial charge in [0.05, 0.1) is 0 Å². The maximum Gasteiger partial charge on any atom is 0.148 e. The van der Waals surface area contributed by atoms with Gasteiger partial charge in [-0.25, -0.2) is 15.8 Å². The van der Waals surface area contributed by atoms with Gasteiger partial charge in [-0.05, 0) is 26.3 Å². The van der Waals surface area contributed by atoms with Crippen molar-refractivity contribution < 1.29 is 0 Å². The number of hydrogen-bond donors (Lipinski definition) is 2. The molecule has 2 fully saturated rings. The van der Waals surface area contributed by atoms with E-state index < -0.39 is 0 Å². The summed E-state index contributed by atoms with van der Waals surface area (Å²) < 4.78 is 0. The van der Waals surface area contributed by atoms with Gasteiger partial charge in [0.25, 0.3) is 0 Å². The molecule has 0 saturated carbocycles. The number of hydrogen-bond acceptors (Lipinski definition) is 6. The number of piperazine rings is 1. The predicted octanol–water partition coefficient (Wildman–Crippen LogP) is 0.745. The van der Waals surface area contributed by atoms with Gasteiger partial charge in [0.1, 0.15) is 18.0 Å². The minimum atomic E-state index is 0.686. The van der Waals surface area contributed by atoms with Crippen LogP contribution in [0.1, 0.15) is 24.8 Å². The Hall–Kier alpha value is -1.40. The number of nitrogens with zero attached hydrogens (tertiary/aromatic N) is 4. The minimum absolute atomic E-state index is 0.686. The monoisotopic (exact) mass is 262 g/mol. The Morgan fingerprint density at radius 3 is 3.00 bits per heavy atom. The van der Waals surface area contributed by atoms with Gasteiger partial charge < -0.3 is 10.3 Å². The van der Waals surface area contributed by atoms with E-state index in [1.54, 1.807) is 6.33 Å². The Kier molecular flexibility index (Phi) is 3.52. The lowest BCUT2D eigenvalue weighted by Gasteiger charge is -2.44. The fraction of sp³-hybridized carbons (Fsp3) is 0.692. The second-order valence-electron chi connectivity index (χ2n) is 5.45. The highest BCUT2D eigenvalue weighted by molar-refractivity contribution is 5.57. The Morgan fingerprint density at radius 2 is 2.16 bits per heavy atom. The van der Waals surface area contributed by atoms with E-state index in [4.69, 9.17) is 5.84 Å². The molecule has 1 aromatic heterocycles. The van der Waals surface area contributed by atoms with Crippen molar-refractivity contribution in [1.82, 2.24) is 14.9 Å². The maximum atomic E-state index is 5.49. The lowest BCUT2D eigenvalue weighted by atomic mass is 9.99. The first-order valence-electron chi connectivity index (χ1n) is 7.07. The molecular formula is C13H22N6. The first-order valence-corrected chi connectivity index (χ1v) is 7.07. The summed E-state index contributed by atoms with van der Waals surface area (Å²) >= 11 is 0. The molecule has 0 amide bonds. The molecule has 0 bridgehead atoms. The van der Waals surface area contributed by atoms with E-state index in [0.29, 0.717) is 6.04 Å². The fourth-order valence-corrected chi connectivity index (χ4v) is 3.25. The summed E-state index contributed by atoms with van der Waals surface area (Å²) in [6.45, 7) is 6.54. The maximum absolute atomic E-state index is 5.49. The molecule has 3 rings (SSSR count). The Bertz CT molecular complexity index is 449. The van der Waals surface area contributed by atoms with Gasteiger partial charge in [-0.3, -0.25) is 4.90 Å². The molecule has 6 nitrogen and oxygen atoms in total.